The zero-order valence-corrected chi connectivity index (χ0v) is 15.9. The summed E-state index contributed by atoms with van der Waals surface area (Å²) in [5.74, 6) is -0.455. The predicted molar refractivity (Wildman–Crippen MR) is 95.9 cm³/mol. The quantitative estimate of drug-likeness (QED) is 0.351. The van der Waals surface area contributed by atoms with Crippen molar-refractivity contribution >= 4 is 11.9 Å². The SMILES string of the molecule is CCCCCOC(=O)[C@H](C)NCCN[C@@H](C)C(=O)OCCCCC. The fourth-order valence-electron chi connectivity index (χ4n) is 2.04. The van der Waals surface area contributed by atoms with Gasteiger partial charge in [-0.1, -0.05) is 39.5 Å². The monoisotopic (exact) mass is 344 g/mol. The highest BCUT2D eigenvalue weighted by molar-refractivity contribution is 5.75. The molecule has 142 valence electrons. The van der Waals surface area contributed by atoms with Crippen molar-refractivity contribution in [3.63, 3.8) is 0 Å². The van der Waals surface area contributed by atoms with E-state index in [2.05, 4.69) is 24.5 Å². The van der Waals surface area contributed by atoms with Gasteiger partial charge in [-0.05, 0) is 26.7 Å². The smallest absolute Gasteiger partial charge is 0.322 e. The van der Waals surface area contributed by atoms with Gasteiger partial charge >= 0.3 is 11.9 Å². The number of unbranched alkanes of at least 4 members (excludes halogenated alkanes) is 4. The molecule has 0 rings (SSSR count). The Morgan fingerprint density at radius 2 is 1.12 bits per heavy atom. The van der Waals surface area contributed by atoms with E-state index in [-0.39, 0.29) is 24.0 Å². The fourth-order valence-corrected chi connectivity index (χ4v) is 2.04. The van der Waals surface area contributed by atoms with Gasteiger partial charge in [0.1, 0.15) is 12.1 Å². The standard InChI is InChI=1S/C18H36N2O4/c1-5-7-9-13-23-17(21)15(3)19-11-12-20-16(4)18(22)24-14-10-8-6-2/h15-16,19-20H,5-14H2,1-4H3/t15-,16-/m0/s1. The van der Waals surface area contributed by atoms with Crippen molar-refractivity contribution in [2.45, 2.75) is 78.3 Å². The molecule has 2 N–H and O–H groups in total. The molecule has 0 aliphatic rings. The lowest BCUT2D eigenvalue weighted by Gasteiger charge is -2.16. The Bertz CT molecular complexity index is 305. The molecule has 0 bridgehead atoms. The maximum Gasteiger partial charge on any atom is 0.322 e. The van der Waals surface area contributed by atoms with Crippen LogP contribution in [0.15, 0.2) is 0 Å². The molecule has 0 fully saturated rings. The van der Waals surface area contributed by atoms with Crippen molar-refractivity contribution in [3.8, 4) is 0 Å². The van der Waals surface area contributed by atoms with Crippen LogP contribution in [-0.2, 0) is 19.1 Å². The lowest BCUT2D eigenvalue weighted by molar-refractivity contribution is -0.147. The molecule has 6 heteroatoms. The zero-order chi connectivity index (χ0) is 18.2. The second kappa shape index (κ2) is 15.4. The van der Waals surface area contributed by atoms with Crippen LogP contribution in [0, 0.1) is 0 Å². The first-order valence-electron chi connectivity index (χ1n) is 9.32. The van der Waals surface area contributed by atoms with E-state index in [1.54, 1.807) is 13.8 Å². The van der Waals surface area contributed by atoms with Crippen molar-refractivity contribution < 1.29 is 19.1 Å². The highest BCUT2D eigenvalue weighted by Crippen LogP contribution is 1.97. The van der Waals surface area contributed by atoms with Crippen molar-refractivity contribution in [2.75, 3.05) is 26.3 Å². The number of rotatable bonds is 15. The van der Waals surface area contributed by atoms with Gasteiger partial charge in [-0.15, -0.1) is 0 Å². The maximum atomic E-state index is 11.7. The Hall–Kier alpha value is -1.14. The third-order valence-electron chi connectivity index (χ3n) is 3.72. The van der Waals surface area contributed by atoms with Crippen LogP contribution in [0.25, 0.3) is 0 Å². The molecule has 0 aliphatic carbocycles. The molecule has 2 atom stereocenters. The Balaban J connectivity index is 3.67. The van der Waals surface area contributed by atoms with Crippen molar-refractivity contribution in [3.05, 3.63) is 0 Å². The molecule has 0 unspecified atom stereocenters. The molecule has 24 heavy (non-hydrogen) atoms. The van der Waals surface area contributed by atoms with Gasteiger partial charge in [0.2, 0.25) is 0 Å². The van der Waals surface area contributed by atoms with Gasteiger partial charge in [0.25, 0.3) is 0 Å². The van der Waals surface area contributed by atoms with Gasteiger partial charge in [-0.2, -0.15) is 0 Å². The Morgan fingerprint density at radius 3 is 1.46 bits per heavy atom. The first-order chi connectivity index (χ1) is 11.5. The van der Waals surface area contributed by atoms with Gasteiger partial charge in [-0.3, -0.25) is 9.59 Å². The van der Waals surface area contributed by atoms with E-state index in [0.29, 0.717) is 26.3 Å². The van der Waals surface area contributed by atoms with Crippen LogP contribution in [0.3, 0.4) is 0 Å². The Morgan fingerprint density at radius 1 is 0.750 bits per heavy atom. The van der Waals surface area contributed by atoms with Gasteiger partial charge in [0.15, 0.2) is 0 Å². The molecule has 0 aliphatic heterocycles. The average molecular weight is 344 g/mol. The first-order valence-corrected chi connectivity index (χ1v) is 9.32. The number of hydrogen-bond acceptors (Lipinski definition) is 6. The molecule has 0 saturated carbocycles. The largest absolute Gasteiger partial charge is 0.465 e. The second-order valence-electron chi connectivity index (χ2n) is 6.10. The Kier molecular flexibility index (Phi) is 14.7. The second-order valence-corrected chi connectivity index (χ2v) is 6.10. The summed E-state index contributed by atoms with van der Waals surface area (Å²) in [4.78, 5) is 23.5. The van der Waals surface area contributed by atoms with Crippen LogP contribution in [0.2, 0.25) is 0 Å². The highest BCUT2D eigenvalue weighted by atomic mass is 16.5. The predicted octanol–water partition coefficient (Wildman–Crippen LogP) is 2.41. The minimum atomic E-state index is -0.343. The van der Waals surface area contributed by atoms with Crippen LogP contribution < -0.4 is 10.6 Å². The van der Waals surface area contributed by atoms with E-state index < -0.39 is 0 Å². The lowest BCUT2D eigenvalue weighted by atomic mass is 10.2. The summed E-state index contributed by atoms with van der Waals surface area (Å²) in [5.41, 5.74) is 0. The van der Waals surface area contributed by atoms with Crippen molar-refractivity contribution in [1.29, 1.82) is 0 Å². The summed E-state index contributed by atoms with van der Waals surface area (Å²) >= 11 is 0. The topological polar surface area (TPSA) is 76.7 Å². The Labute approximate surface area is 147 Å². The number of hydrogen-bond donors (Lipinski definition) is 2. The minimum Gasteiger partial charge on any atom is -0.465 e. The molecule has 0 heterocycles. The first kappa shape index (κ1) is 22.9. The molecule has 0 radical (unpaired) electrons. The van der Waals surface area contributed by atoms with E-state index >= 15 is 0 Å². The molecular weight excluding hydrogens is 308 g/mol. The molecule has 0 aromatic heterocycles. The summed E-state index contributed by atoms with van der Waals surface area (Å²) < 4.78 is 10.4. The van der Waals surface area contributed by atoms with Gasteiger partial charge in [0.05, 0.1) is 13.2 Å². The van der Waals surface area contributed by atoms with Crippen LogP contribution in [0.4, 0.5) is 0 Å². The number of carbonyl (C=O) groups excluding carboxylic acids is 2. The van der Waals surface area contributed by atoms with Gasteiger partial charge in [-0.25, -0.2) is 0 Å². The van der Waals surface area contributed by atoms with Crippen LogP contribution >= 0.6 is 0 Å². The molecule has 0 spiro atoms. The summed E-state index contributed by atoms with van der Waals surface area (Å²) in [6.45, 7) is 9.93. The van der Waals surface area contributed by atoms with Crippen LogP contribution in [0.1, 0.15) is 66.2 Å². The fraction of sp³-hybridized carbons (Fsp3) is 0.889. The number of carbonyl (C=O) groups is 2. The minimum absolute atomic E-state index is 0.227. The maximum absolute atomic E-state index is 11.7. The highest BCUT2D eigenvalue weighted by Gasteiger charge is 2.15. The molecule has 6 nitrogen and oxygen atoms in total. The molecular formula is C18H36N2O4. The summed E-state index contributed by atoms with van der Waals surface area (Å²) in [7, 11) is 0. The van der Waals surface area contributed by atoms with E-state index in [9.17, 15) is 9.59 Å². The van der Waals surface area contributed by atoms with Gasteiger partial charge in [0, 0.05) is 13.1 Å². The molecule has 0 aromatic rings. The third-order valence-corrected chi connectivity index (χ3v) is 3.72. The number of ether oxygens (including phenoxy) is 2. The normalized spacial score (nSPS) is 13.3. The van der Waals surface area contributed by atoms with Crippen molar-refractivity contribution in [2.24, 2.45) is 0 Å². The summed E-state index contributed by atoms with van der Waals surface area (Å²) in [6, 6.07) is -0.686. The molecule has 0 saturated heterocycles. The number of nitrogens with one attached hydrogen (secondary N) is 2. The lowest BCUT2D eigenvalue weighted by Crippen LogP contribution is -2.43. The van der Waals surface area contributed by atoms with E-state index in [1.807, 2.05) is 0 Å². The molecule has 0 amide bonds. The molecule has 0 aromatic carbocycles. The van der Waals surface area contributed by atoms with Crippen LogP contribution in [-0.4, -0.2) is 50.3 Å². The third kappa shape index (κ3) is 12.3. The van der Waals surface area contributed by atoms with E-state index in [4.69, 9.17) is 9.47 Å². The van der Waals surface area contributed by atoms with E-state index in [1.165, 1.54) is 0 Å². The summed E-state index contributed by atoms with van der Waals surface area (Å²) in [5, 5.41) is 6.18. The van der Waals surface area contributed by atoms with Gasteiger partial charge < -0.3 is 20.1 Å². The van der Waals surface area contributed by atoms with Crippen molar-refractivity contribution in [1.82, 2.24) is 10.6 Å². The summed E-state index contributed by atoms with van der Waals surface area (Å²) in [6.07, 6.45) is 6.19. The van der Waals surface area contributed by atoms with Crippen LogP contribution in [0.5, 0.6) is 0 Å². The number of esters is 2. The average Bonchev–Trinajstić information content (AvgIpc) is 2.58. The van der Waals surface area contributed by atoms with E-state index in [0.717, 1.165) is 38.5 Å². The zero-order valence-electron chi connectivity index (χ0n) is 15.9.